The summed E-state index contributed by atoms with van der Waals surface area (Å²) in [5.41, 5.74) is 4.61. The van der Waals surface area contributed by atoms with Gasteiger partial charge < -0.3 is 5.32 Å². The predicted molar refractivity (Wildman–Crippen MR) is 89.2 cm³/mol. The Morgan fingerprint density at radius 1 is 0.905 bits per heavy atom. The van der Waals surface area contributed by atoms with Gasteiger partial charge in [-0.25, -0.2) is 4.98 Å². The zero-order chi connectivity index (χ0) is 14.5. The van der Waals surface area contributed by atoms with Crippen molar-refractivity contribution in [3.05, 3.63) is 66.2 Å². The molecule has 0 unspecified atom stereocenters. The van der Waals surface area contributed by atoms with E-state index in [2.05, 4.69) is 60.8 Å². The van der Waals surface area contributed by atoms with Gasteiger partial charge in [0.2, 0.25) is 0 Å². The van der Waals surface area contributed by atoms with Crippen molar-refractivity contribution in [1.82, 2.24) is 10.3 Å². The summed E-state index contributed by atoms with van der Waals surface area (Å²) >= 11 is 0. The van der Waals surface area contributed by atoms with Crippen molar-refractivity contribution in [1.29, 1.82) is 0 Å². The molecule has 0 aliphatic carbocycles. The average molecular weight is 276 g/mol. The summed E-state index contributed by atoms with van der Waals surface area (Å²) in [5.74, 6) is 0. The molecule has 0 fully saturated rings. The van der Waals surface area contributed by atoms with E-state index in [0.29, 0.717) is 0 Å². The van der Waals surface area contributed by atoms with E-state index in [1.807, 2.05) is 12.1 Å². The van der Waals surface area contributed by atoms with Gasteiger partial charge in [0, 0.05) is 17.5 Å². The van der Waals surface area contributed by atoms with Crippen LogP contribution in [0.4, 0.5) is 0 Å². The number of benzene rings is 2. The molecule has 0 amide bonds. The molecule has 0 spiro atoms. The highest BCUT2D eigenvalue weighted by atomic mass is 14.8. The molecule has 0 radical (unpaired) electrons. The van der Waals surface area contributed by atoms with Crippen LogP contribution in [0.2, 0.25) is 0 Å². The fraction of sp³-hybridized carbons (Fsp3) is 0.211. The Morgan fingerprint density at radius 2 is 1.71 bits per heavy atom. The molecule has 2 aromatic carbocycles. The quantitative estimate of drug-likeness (QED) is 0.699. The first-order chi connectivity index (χ1) is 10.4. The van der Waals surface area contributed by atoms with E-state index >= 15 is 0 Å². The SMILES string of the molecule is CCCNCc1ccccc1-c1ccc2ccccc2n1. The van der Waals surface area contributed by atoms with Crippen molar-refractivity contribution in [2.45, 2.75) is 19.9 Å². The molecule has 0 bridgehead atoms. The molecule has 1 N–H and O–H groups in total. The highest BCUT2D eigenvalue weighted by Gasteiger charge is 2.06. The summed E-state index contributed by atoms with van der Waals surface area (Å²) in [7, 11) is 0. The molecular formula is C19H20N2. The van der Waals surface area contributed by atoms with E-state index in [9.17, 15) is 0 Å². The summed E-state index contributed by atoms with van der Waals surface area (Å²) in [4.78, 5) is 4.81. The monoisotopic (exact) mass is 276 g/mol. The van der Waals surface area contributed by atoms with Crippen molar-refractivity contribution in [2.75, 3.05) is 6.54 Å². The zero-order valence-electron chi connectivity index (χ0n) is 12.3. The molecule has 3 aromatic rings. The van der Waals surface area contributed by atoms with E-state index in [1.54, 1.807) is 0 Å². The van der Waals surface area contributed by atoms with E-state index in [1.165, 1.54) is 16.5 Å². The molecule has 21 heavy (non-hydrogen) atoms. The number of nitrogens with zero attached hydrogens (tertiary/aromatic N) is 1. The van der Waals surface area contributed by atoms with Crippen LogP contribution in [0.15, 0.2) is 60.7 Å². The summed E-state index contributed by atoms with van der Waals surface area (Å²) in [5, 5.41) is 4.65. The predicted octanol–water partition coefficient (Wildman–Crippen LogP) is 4.40. The van der Waals surface area contributed by atoms with Gasteiger partial charge in [-0.1, -0.05) is 55.5 Å². The summed E-state index contributed by atoms with van der Waals surface area (Å²) in [6.07, 6.45) is 1.15. The minimum Gasteiger partial charge on any atom is -0.313 e. The van der Waals surface area contributed by atoms with Crippen LogP contribution in [0.5, 0.6) is 0 Å². The summed E-state index contributed by atoms with van der Waals surface area (Å²) < 4.78 is 0. The fourth-order valence-electron chi connectivity index (χ4n) is 2.54. The van der Waals surface area contributed by atoms with Crippen molar-refractivity contribution in [3.63, 3.8) is 0 Å². The van der Waals surface area contributed by atoms with Crippen LogP contribution in [0.25, 0.3) is 22.2 Å². The molecule has 0 saturated heterocycles. The van der Waals surface area contributed by atoms with Crippen molar-refractivity contribution in [2.24, 2.45) is 0 Å². The number of hydrogen-bond acceptors (Lipinski definition) is 2. The topological polar surface area (TPSA) is 24.9 Å². The number of aromatic nitrogens is 1. The summed E-state index contributed by atoms with van der Waals surface area (Å²) in [6.45, 7) is 4.11. The lowest BCUT2D eigenvalue weighted by molar-refractivity contribution is 0.676. The lowest BCUT2D eigenvalue weighted by Gasteiger charge is -2.10. The maximum atomic E-state index is 4.81. The van der Waals surface area contributed by atoms with E-state index in [0.717, 1.165) is 30.7 Å². The van der Waals surface area contributed by atoms with E-state index in [-0.39, 0.29) is 0 Å². The van der Waals surface area contributed by atoms with Gasteiger partial charge in [0.15, 0.2) is 0 Å². The van der Waals surface area contributed by atoms with Crippen LogP contribution in [-0.2, 0) is 6.54 Å². The van der Waals surface area contributed by atoms with Gasteiger partial charge in [0.25, 0.3) is 0 Å². The Hall–Kier alpha value is -2.19. The number of fused-ring (bicyclic) bond motifs is 1. The first-order valence-corrected chi connectivity index (χ1v) is 7.53. The Balaban J connectivity index is 1.97. The smallest absolute Gasteiger partial charge is 0.0712 e. The highest BCUT2D eigenvalue weighted by molar-refractivity contribution is 5.81. The van der Waals surface area contributed by atoms with Gasteiger partial charge in [-0.3, -0.25) is 0 Å². The van der Waals surface area contributed by atoms with Gasteiger partial charge in [-0.15, -0.1) is 0 Å². The van der Waals surface area contributed by atoms with Crippen LogP contribution < -0.4 is 5.32 Å². The molecule has 0 aliphatic heterocycles. The Labute approximate surface area is 125 Å². The second-order valence-corrected chi connectivity index (χ2v) is 5.22. The zero-order valence-corrected chi connectivity index (χ0v) is 12.3. The Bertz CT molecular complexity index is 734. The largest absolute Gasteiger partial charge is 0.313 e. The average Bonchev–Trinajstić information content (AvgIpc) is 2.55. The molecule has 0 aliphatic rings. The number of para-hydroxylation sites is 1. The van der Waals surface area contributed by atoms with Crippen molar-refractivity contribution >= 4 is 10.9 Å². The van der Waals surface area contributed by atoms with Gasteiger partial charge in [0.1, 0.15) is 0 Å². The number of nitrogens with one attached hydrogen (secondary N) is 1. The van der Waals surface area contributed by atoms with Crippen molar-refractivity contribution in [3.8, 4) is 11.3 Å². The number of pyridine rings is 1. The third-order valence-corrected chi connectivity index (χ3v) is 3.63. The standard InChI is InChI=1S/C19H20N2/c1-2-13-20-14-16-8-3-5-9-17(16)19-12-11-15-7-4-6-10-18(15)21-19/h3-12,20H,2,13-14H2,1H3. The molecular weight excluding hydrogens is 256 g/mol. The molecule has 0 saturated carbocycles. The van der Waals surface area contributed by atoms with Crippen LogP contribution >= 0.6 is 0 Å². The number of hydrogen-bond donors (Lipinski definition) is 1. The number of rotatable bonds is 5. The lowest BCUT2D eigenvalue weighted by atomic mass is 10.0. The maximum absolute atomic E-state index is 4.81. The lowest BCUT2D eigenvalue weighted by Crippen LogP contribution is -2.14. The summed E-state index contributed by atoms with van der Waals surface area (Å²) in [6, 6.07) is 21.0. The van der Waals surface area contributed by atoms with Crippen molar-refractivity contribution < 1.29 is 0 Å². The molecule has 1 aromatic heterocycles. The third kappa shape index (κ3) is 3.11. The van der Waals surface area contributed by atoms with E-state index in [4.69, 9.17) is 4.98 Å². The Morgan fingerprint density at radius 3 is 2.62 bits per heavy atom. The minimum atomic E-state index is 0.887. The van der Waals surface area contributed by atoms with Gasteiger partial charge >= 0.3 is 0 Å². The van der Waals surface area contributed by atoms with Gasteiger partial charge in [0.05, 0.1) is 11.2 Å². The van der Waals surface area contributed by atoms with Gasteiger partial charge in [-0.05, 0) is 30.7 Å². The normalized spacial score (nSPS) is 10.9. The van der Waals surface area contributed by atoms with Gasteiger partial charge in [-0.2, -0.15) is 0 Å². The second kappa shape index (κ2) is 6.51. The van der Waals surface area contributed by atoms with Crippen LogP contribution in [-0.4, -0.2) is 11.5 Å². The molecule has 106 valence electrons. The molecule has 0 atom stereocenters. The van der Waals surface area contributed by atoms with Crippen LogP contribution in [0, 0.1) is 0 Å². The first kappa shape index (κ1) is 13.8. The maximum Gasteiger partial charge on any atom is 0.0712 e. The highest BCUT2D eigenvalue weighted by Crippen LogP contribution is 2.24. The second-order valence-electron chi connectivity index (χ2n) is 5.22. The Kier molecular flexibility index (Phi) is 4.27. The third-order valence-electron chi connectivity index (χ3n) is 3.63. The molecule has 2 nitrogen and oxygen atoms in total. The van der Waals surface area contributed by atoms with Crippen LogP contribution in [0.1, 0.15) is 18.9 Å². The molecule has 3 rings (SSSR count). The molecule has 2 heteroatoms. The van der Waals surface area contributed by atoms with E-state index < -0.39 is 0 Å². The fourth-order valence-corrected chi connectivity index (χ4v) is 2.54. The minimum absolute atomic E-state index is 0.887. The van der Waals surface area contributed by atoms with Crippen LogP contribution in [0.3, 0.4) is 0 Å². The molecule has 1 heterocycles. The first-order valence-electron chi connectivity index (χ1n) is 7.53.